The van der Waals surface area contributed by atoms with Crippen LogP contribution < -0.4 is 5.32 Å². The molecule has 2 aromatic rings. The smallest absolute Gasteiger partial charge is 0.0589 e. The molecule has 2 aliphatic rings. The number of nitrogens with one attached hydrogen (secondary N) is 1. The predicted octanol–water partition coefficient (Wildman–Crippen LogP) is 3.14. The highest BCUT2D eigenvalue weighted by Crippen LogP contribution is 2.43. The second-order valence-corrected chi connectivity index (χ2v) is 6.76. The van der Waals surface area contributed by atoms with Crippen molar-refractivity contribution in [2.75, 3.05) is 26.4 Å². The number of ether oxygens (including phenoxy) is 1. The van der Waals surface area contributed by atoms with Crippen LogP contribution in [0.25, 0.3) is 11.1 Å². The molecule has 0 amide bonds. The van der Waals surface area contributed by atoms with Crippen LogP contribution >= 0.6 is 0 Å². The van der Waals surface area contributed by atoms with Gasteiger partial charge in [-0.1, -0.05) is 48.5 Å². The molecule has 1 aliphatic heterocycles. The first kappa shape index (κ1) is 14.9. The van der Waals surface area contributed by atoms with Crippen LogP contribution in [0.5, 0.6) is 0 Å². The second kappa shape index (κ2) is 6.08. The Morgan fingerprint density at radius 1 is 1.04 bits per heavy atom. The monoisotopic (exact) mass is 309 g/mol. The van der Waals surface area contributed by atoms with Crippen LogP contribution in [0.1, 0.15) is 30.0 Å². The van der Waals surface area contributed by atoms with Crippen molar-refractivity contribution in [3.8, 4) is 11.1 Å². The fourth-order valence-corrected chi connectivity index (χ4v) is 4.01. The molecule has 2 aromatic carbocycles. The van der Waals surface area contributed by atoms with E-state index in [0.717, 1.165) is 32.6 Å². The molecule has 1 unspecified atom stereocenters. The maximum absolute atomic E-state index is 9.42. The van der Waals surface area contributed by atoms with Gasteiger partial charge in [-0.3, -0.25) is 0 Å². The van der Waals surface area contributed by atoms with Crippen LogP contribution in [-0.4, -0.2) is 31.5 Å². The third-order valence-electron chi connectivity index (χ3n) is 5.34. The van der Waals surface area contributed by atoms with Gasteiger partial charge in [0.25, 0.3) is 0 Å². The fourth-order valence-electron chi connectivity index (χ4n) is 4.01. The van der Waals surface area contributed by atoms with Gasteiger partial charge in [0.15, 0.2) is 0 Å². The Morgan fingerprint density at radius 2 is 1.70 bits per heavy atom. The number of fused-ring (bicyclic) bond motifs is 3. The van der Waals surface area contributed by atoms with Gasteiger partial charge in [0.2, 0.25) is 0 Å². The largest absolute Gasteiger partial charge is 0.396 e. The van der Waals surface area contributed by atoms with Gasteiger partial charge in [0.1, 0.15) is 0 Å². The third-order valence-corrected chi connectivity index (χ3v) is 5.34. The van der Waals surface area contributed by atoms with E-state index in [9.17, 15) is 5.11 Å². The normalized spacial score (nSPS) is 23.0. The van der Waals surface area contributed by atoms with Gasteiger partial charge in [-0.15, -0.1) is 0 Å². The highest BCUT2D eigenvalue weighted by atomic mass is 16.5. The molecule has 2 N–H and O–H groups in total. The van der Waals surface area contributed by atoms with Gasteiger partial charge in [-0.05, 0) is 35.1 Å². The van der Waals surface area contributed by atoms with Gasteiger partial charge in [0.05, 0.1) is 12.6 Å². The maximum atomic E-state index is 9.42. The summed E-state index contributed by atoms with van der Waals surface area (Å²) in [5, 5.41) is 13.2. The van der Waals surface area contributed by atoms with Gasteiger partial charge >= 0.3 is 0 Å². The minimum Gasteiger partial charge on any atom is -0.396 e. The highest BCUT2D eigenvalue weighted by Gasteiger charge is 2.36. The van der Waals surface area contributed by atoms with E-state index >= 15 is 0 Å². The van der Waals surface area contributed by atoms with Crippen molar-refractivity contribution in [1.29, 1.82) is 0 Å². The standard InChI is InChI=1S/C20H23NO2/c22-11-9-20(10-12-23-14-20)13-21-19-17-7-3-1-5-15(17)16-6-2-4-8-18(16)19/h1-8,19,21-22H,9-14H2. The molecular formula is C20H23NO2. The van der Waals surface area contributed by atoms with Crippen molar-refractivity contribution in [3.63, 3.8) is 0 Å². The van der Waals surface area contributed by atoms with E-state index in [1.54, 1.807) is 0 Å². The van der Waals surface area contributed by atoms with E-state index in [-0.39, 0.29) is 18.1 Å². The van der Waals surface area contributed by atoms with E-state index in [1.807, 2.05) is 0 Å². The lowest BCUT2D eigenvalue weighted by molar-refractivity contribution is 0.123. The highest BCUT2D eigenvalue weighted by molar-refractivity contribution is 5.78. The summed E-state index contributed by atoms with van der Waals surface area (Å²) in [7, 11) is 0. The lowest BCUT2D eigenvalue weighted by Gasteiger charge is -2.29. The Kier molecular flexibility index (Phi) is 3.93. The van der Waals surface area contributed by atoms with Crippen molar-refractivity contribution in [3.05, 3.63) is 59.7 Å². The number of benzene rings is 2. The summed E-state index contributed by atoms with van der Waals surface area (Å²) in [5.74, 6) is 0. The van der Waals surface area contributed by atoms with Crippen LogP contribution in [0, 0.1) is 5.41 Å². The molecule has 1 saturated heterocycles. The molecule has 1 aliphatic carbocycles. The lowest BCUT2D eigenvalue weighted by Crippen LogP contribution is -2.37. The Hall–Kier alpha value is -1.68. The Labute approximate surface area is 137 Å². The average Bonchev–Trinajstić information content (AvgIpc) is 3.17. The molecule has 4 rings (SSSR count). The van der Waals surface area contributed by atoms with Crippen LogP contribution in [0.2, 0.25) is 0 Å². The fraction of sp³-hybridized carbons (Fsp3) is 0.400. The molecule has 1 fully saturated rings. The maximum Gasteiger partial charge on any atom is 0.0589 e. The first-order chi connectivity index (χ1) is 11.3. The minimum absolute atomic E-state index is 0.0707. The van der Waals surface area contributed by atoms with Crippen molar-refractivity contribution in [1.82, 2.24) is 5.32 Å². The molecule has 120 valence electrons. The van der Waals surface area contributed by atoms with E-state index < -0.39 is 0 Å². The lowest BCUT2D eigenvalue weighted by atomic mass is 9.83. The molecule has 3 heteroatoms. The molecular weight excluding hydrogens is 286 g/mol. The topological polar surface area (TPSA) is 41.5 Å². The van der Waals surface area contributed by atoms with Crippen LogP contribution in [0.3, 0.4) is 0 Å². The molecule has 1 heterocycles. The van der Waals surface area contributed by atoms with E-state index in [2.05, 4.69) is 53.8 Å². The summed E-state index contributed by atoms with van der Waals surface area (Å²) in [6.45, 7) is 2.65. The van der Waals surface area contributed by atoms with Gasteiger partial charge in [-0.25, -0.2) is 0 Å². The van der Waals surface area contributed by atoms with Crippen LogP contribution in [-0.2, 0) is 4.74 Å². The molecule has 0 aromatic heterocycles. The zero-order chi connectivity index (χ0) is 15.7. The summed E-state index contributed by atoms with van der Waals surface area (Å²) in [6.07, 6.45) is 1.83. The van der Waals surface area contributed by atoms with Crippen molar-refractivity contribution < 1.29 is 9.84 Å². The second-order valence-electron chi connectivity index (χ2n) is 6.76. The van der Waals surface area contributed by atoms with E-state index in [0.29, 0.717) is 0 Å². The number of aliphatic hydroxyl groups is 1. The first-order valence-electron chi connectivity index (χ1n) is 8.43. The molecule has 3 nitrogen and oxygen atoms in total. The average molecular weight is 309 g/mol. The van der Waals surface area contributed by atoms with E-state index in [4.69, 9.17) is 4.74 Å². The quantitative estimate of drug-likeness (QED) is 0.891. The summed E-state index contributed by atoms with van der Waals surface area (Å²) in [4.78, 5) is 0. The number of aliphatic hydroxyl groups excluding tert-OH is 1. The summed E-state index contributed by atoms with van der Waals surface area (Å²) in [5.41, 5.74) is 5.44. The number of hydrogen-bond acceptors (Lipinski definition) is 3. The van der Waals surface area contributed by atoms with Gasteiger partial charge in [0, 0.05) is 25.2 Å². The Bertz CT molecular complexity index is 646. The zero-order valence-electron chi connectivity index (χ0n) is 13.3. The summed E-state index contributed by atoms with van der Waals surface area (Å²) in [6, 6.07) is 17.5. The molecule has 0 radical (unpaired) electrons. The van der Waals surface area contributed by atoms with Gasteiger partial charge < -0.3 is 15.2 Å². The zero-order valence-corrected chi connectivity index (χ0v) is 13.3. The van der Waals surface area contributed by atoms with Crippen molar-refractivity contribution in [2.24, 2.45) is 5.41 Å². The van der Waals surface area contributed by atoms with Crippen molar-refractivity contribution >= 4 is 0 Å². The van der Waals surface area contributed by atoms with Gasteiger partial charge in [-0.2, -0.15) is 0 Å². The molecule has 0 saturated carbocycles. The molecule has 23 heavy (non-hydrogen) atoms. The first-order valence-corrected chi connectivity index (χ1v) is 8.43. The van der Waals surface area contributed by atoms with Crippen LogP contribution in [0.15, 0.2) is 48.5 Å². The number of hydrogen-bond donors (Lipinski definition) is 2. The summed E-state index contributed by atoms with van der Waals surface area (Å²) >= 11 is 0. The SMILES string of the molecule is OCCC1(CNC2c3ccccc3-c3ccccc32)CCOC1. The summed E-state index contributed by atoms with van der Waals surface area (Å²) < 4.78 is 5.62. The Morgan fingerprint density at radius 3 is 2.26 bits per heavy atom. The van der Waals surface area contributed by atoms with E-state index in [1.165, 1.54) is 22.3 Å². The molecule has 0 bridgehead atoms. The van der Waals surface area contributed by atoms with Crippen LogP contribution in [0.4, 0.5) is 0 Å². The predicted molar refractivity (Wildman–Crippen MR) is 91.3 cm³/mol. The number of rotatable bonds is 5. The molecule has 1 atom stereocenters. The molecule has 0 spiro atoms. The third kappa shape index (κ3) is 2.59. The Balaban J connectivity index is 1.62. The van der Waals surface area contributed by atoms with Crippen molar-refractivity contribution in [2.45, 2.75) is 18.9 Å². The minimum atomic E-state index is 0.0707.